The summed E-state index contributed by atoms with van der Waals surface area (Å²) in [4.78, 5) is 23.1. The van der Waals surface area contributed by atoms with Crippen molar-refractivity contribution < 1.29 is 0 Å². The highest BCUT2D eigenvalue weighted by atomic mass is 15.3. The summed E-state index contributed by atoms with van der Waals surface area (Å²) in [7, 11) is 0. The van der Waals surface area contributed by atoms with Gasteiger partial charge in [0.2, 0.25) is 0 Å². The normalized spacial score (nSPS) is 17.9. The van der Waals surface area contributed by atoms with Gasteiger partial charge in [0.15, 0.2) is 0 Å². The minimum absolute atomic E-state index is 0.369. The van der Waals surface area contributed by atoms with E-state index in [1.54, 1.807) is 0 Å². The summed E-state index contributed by atoms with van der Waals surface area (Å²) >= 11 is 0. The van der Waals surface area contributed by atoms with Crippen LogP contribution in [0.3, 0.4) is 0 Å². The predicted octanol–water partition coefficient (Wildman–Crippen LogP) is 2.72. The second-order valence-corrected chi connectivity index (χ2v) is 6.72. The second-order valence-electron chi connectivity index (χ2n) is 6.72. The minimum Gasteiger partial charge on any atom is -0.353 e. The summed E-state index contributed by atoms with van der Waals surface area (Å²) in [6.07, 6.45) is 1.87. The Bertz CT molecular complexity index is 745. The average Bonchev–Trinajstić information content (AvgIpc) is 2.60. The first-order chi connectivity index (χ1) is 12.0. The molecule has 3 heterocycles. The van der Waals surface area contributed by atoms with Crippen molar-refractivity contribution in [1.82, 2.24) is 19.9 Å². The molecular formula is C19H28N6. The molecule has 1 aliphatic heterocycles. The highest BCUT2D eigenvalue weighted by Gasteiger charge is 2.26. The summed E-state index contributed by atoms with van der Waals surface area (Å²) < 4.78 is 0. The van der Waals surface area contributed by atoms with Gasteiger partial charge < -0.3 is 9.80 Å². The summed E-state index contributed by atoms with van der Waals surface area (Å²) in [6.45, 7) is 13.3. The molecule has 2 aromatic heterocycles. The average molecular weight is 340 g/mol. The number of aryl methyl sites for hydroxylation is 4. The van der Waals surface area contributed by atoms with Crippen molar-refractivity contribution in [2.24, 2.45) is 0 Å². The van der Waals surface area contributed by atoms with E-state index in [2.05, 4.69) is 62.6 Å². The van der Waals surface area contributed by atoms with Gasteiger partial charge in [-0.1, -0.05) is 13.8 Å². The van der Waals surface area contributed by atoms with E-state index >= 15 is 0 Å². The Morgan fingerprint density at radius 2 is 1.44 bits per heavy atom. The predicted molar refractivity (Wildman–Crippen MR) is 101 cm³/mol. The maximum atomic E-state index is 4.67. The summed E-state index contributed by atoms with van der Waals surface area (Å²) in [6, 6.07) is 4.62. The van der Waals surface area contributed by atoms with Crippen LogP contribution in [0, 0.1) is 13.8 Å². The summed E-state index contributed by atoms with van der Waals surface area (Å²) in [5.41, 5.74) is 2.22. The molecule has 0 amide bonds. The van der Waals surface area contributed by atoms with Gasteiger partial charge in [-0.2, -0.15) is 0 Å². The van der Waals surface area contributed by atoms with Crippen molar-refractivity contribution in [3.8, 4) is 0 Å². The Labute approximate surface area is 150 Å². The zero-order valence-corrected chi connectivity index (χ0v) is 16.0. The van der Waals surface area contributed by atoms with E-state index in [1.165, 1.54) is 0 Å². The van der Waals surface area contributed by atoms with Crippen LogP contribution in [-0.4, -0.2) is 45.6 Å². The van der Waals surface area contributed by atoms with E-state index in [1.807, 2.05) is 13.8 Å². The van der Waals surface area contributed by atoms with E-state index in [0.29, 0.717) is 6.04 Å². The third-order valence-corrected chi connectivity index (χ3v) is 4.73. The smallest absolute Gasteiger partial charge is 0.132 e. The van der Waals surface area contributed by atoms with Crippen LogP contribution in [0.5, 0.6) is 0 Å². The van der Waals surface area contributed by atoms with Gasteiger partial charge in [-0.15, -0.1) is 0 Å². The molecule has 0 radical (unpaired) electrons. The van der Waals surface area contributed by atoms with Crippen molar-refractivity contribution in [3.63, 3.8) is 0 Å². The molecule has 0 bridgehead atoms. The SMILES string of the molecule is CCc1cc(N2CCN(c3cc(CC)nc(C)n3)[C@H](C)C2)nc(C)n1. The third-order valence-electron chi connectivity index (χ3n) is 4.73. The van der Waals surface area contributed by atoms with Crippen LogP contribution in [0.2, 0.25) is 0 Å². The van der Waals surface area contributed by atoms with Gasteiger partial charge in [0.05, 0.1) is 0 Å². The molecule has 0 saturated carbocycles. The summed E-state index contributed by atoms with van der Waals surface area (Å²) in [5.74, 6) is 3.79. The summed E-state index contributed by atoms with van der Waals surface area (Å²) in [5, 5.41) is 0. The van der Waals surface area contributed by atoms with E-state index in [-0.39, 0.29) is 0 Å². The molecule has 0 unspecified atom stereocenters. The van der Waals surface area contributed by atoms with Crippen LogP contribution >= 0.6 is 0 Å². The number of hydrogen-bond donors (Lipinski definition) is 0. The van der Waals surface area contributed by atoms with Gasteiger partial charge in [0, 0.05) is 49.2 Å². The molecular weight excluding hydrogens is 312 g/mol. The van der Waals surface area contributed by atoms with Crippen molar-refractivity contribution >= 4 is 11.6 Å². The highest BCUT2D eigenvalue weighted by Crippen LogP contribution is 2.23. The first-order valence-electron chi connectivity index (χ1n) is 9.20. The van der Waals surface area contributed by atoms with Gasteiger partial charge in [0.1, 0.15) is 23.3 Å². The number of piperazine rings is 1. The van der Waals surface area contributed by atoms with Crippen LogP contribution in [0.4, 0.5) is 11.6 Å². The van der Waals surface area contributed by atoms with E-state index in [9.17, 15) is 0 Å². The van der Waals surface area contributed by atoms with Crippen LogP contribution < -0.4 is 9.80 Å². The monoisotopic (exact) mass is 340 g/mol. The molecule has 1 saturated heterocycles. The number of aromatic nitrogens is 4. The Morgan fingerprint density at radius 1 is 0.880 bits per heavy atom. The fourth-order valence-corrected chi connectivity index (χ4v) is 3.40. The lowest BCUT2D eigenvalue weighted by atomic mass is 10.1. The van der Waals surface area contributed by atoms with Gasteiger partial charge in [-0.25, -0.2) is 19.9 Å². The molecule has 0 aliphatic carbocycles. The van der Waals surface area contributed by atoms with Crippen LogP contribution in [0.1, 0.15) is 43.8 Å². The van der Waals surface area contributed by atoms with Crippen LogP contribution in [0.25, 0.3) is 0 Å². The number of hydrogen-bond acceptors (Lipinski definition) is 6. The molecule has 1 fully saturated rings. The van der Waals surface area contributed by atoms with Gasteiger partial charge >= 0.3 is 0 Å². The van der Waals surface area contributed by atoms with E-state index in [0.717, 1.165) is 67.1 Å². The van der Waals surface area contributed by atoms with Gasteiger partial charge in [-0.05, 0) is 33.6 Å². The Morgan fingerprint density at radius 3 is 2.00 bits per heavy atom. The molecule has 0 aromatic carbocycles. The molecule has 6 heteroatoms. The number of rotatable bonds is 4. The largest absolute Gasteiger partial charge is 0.353 e. The van der Waals surface area contributed by atoms with Crippen molar-refractivity contribution in [1.29, 1.82) is 0 Å². The fourth-order valence-electron chi connectivity index (χ4n) is 3.40. The third kappa shape index (κ3) is 3.89. The number of nitrogens with zero attached hydrogens (tertiary/aromatic N) is 6. The Hall–Kier alpha value is -2.24. The van der Waals surface area contributed by atoms with E-state index in [4.69, 9.17) is 0 Å². The first kappa shape index (κ1) is 17.6. The van der Waals surface area contributed by atoms with Crippen molar-refractivity contribution in [2.45, 2.75) is 53.5 Å². The lowest BCUT2D eigenvalue weighted by Gasteiger charge is -2.41. The van der Waals surface area contributed by atoms with Gasteiger partial charge in [0.25, 0.3) is 0 Å². The first-order valence-corrected chi connectivity index (χ1v) is 9.20. The van der Waals surface area contributed by atoms with E-state index < -0.39 is 0 Å². The molecule has 2 aromatic rings. The molecule has 1 aliphatic rings. The zero-order chi connectivity index (χ0) is 18.0. The molecule has 25 heavy (non-hydrogen) atoms. The molecule has 6 nitrogen and oxygen atoms in total. The standard InChI is InChI=1S/C19H28N6/c1-6-16-10-18(22-14(4)20-16)24-8-9-25(13(3)12-24)19-11-17(7-2)21-15(5)23-19/h10-11,13H,6-9,12H2,1-5H3/t13-/m1/s1. The maximum absolute atomic E-state index is 4.67. The van der Waals surface area contributed by atoms with Crippen molar-refractivity contribution in [2.75, 3.05) is 29.4 Å². The van der Waals surface area contributed by atoms with Crippen LogP contribution in [-0.2, 0) is 12.8 Å². The number of anilines is 2. The molecule has 0 N–H and O–H groups in total. The Balaban J connectivity index is 1.79. The lowest BCUT2D eigenvalue weighted by Crippen LogP contribution is -2.52. The van der Waals surface area contributed by atoms with Gasteiger partial charge in [-0.3, -0.25) is 0 Å². The topological polar surface area (TPSA) is 58.0 Å². The molecule has 0 spiro atoms. The highest BCUT2D eigenvalue weighted by molar-refractivity contribution is 5.47. The minimum atomic E-state index is 0.369. The Kier molecular flexibility index (Phi) is 5.16. The fraction of sp³-hybridized carbons (Fsp3) is 0.579. The second kappa shape index (κ2) is 7.33. The lowest BCUT2D eigenvalue weighted by molar-refractivity contribution is 0.540. The van der Waals surface area contributed by atoms with Crippen LogP contribution in [0.15, 0.2) is 12.1 Å². The molecule has 3 rings (SSSR count). The van der Waals surface area contributed by atoms with Crippen molar-refractivity contribution in [3.05, 3.63) is 35.2 Å². The quantitative estimate of drug-likeness (QED) is 0.853. The molecule has 1 atom stereocenters. The maximum Gasteiger partial charge on any atom is 0.132 e. The molecule has 134 valence electrons. The zero-order valence-electron chi connectivity index (χ0n) is 16.0.